The molecule has 0 aliphatic heterocycles. The van der Waals surface area contributed by atoms with Crippen LogP contribution in [0.15, 0.2) is 72.9 Å². The molecule has 0 rings (SSSR count). The first-order valence-corrected chi connectivity index (χ1v) is 30.4. The topological polar surface area (TPSA) is 78.9 Å². The average molecular weight is 992 g/mol. The Balaban J connectivity index is 4.16. The van der Waals surface area contributed by atoms with E-state index >= 15 is 0 Å². The lowest BCUT2D eigenvalue weighted by molar-refractivity contribution is -0.167. The third-order valence-electron chi connectivity index (χ3n) is 13.2. The van der Waals surface area contributed by atoms with Gasteiger partial charge in [-0.15, -0.1) is 0 Å². The summed E-state index contributed by atoms with van der Waals surface area (Å²) in [5.74, 6) is -0.877. The molecule has 0 aliphatic carbocycles. The molecule has 0 amide bonds. The number of carbonyl (C=O) groups is 3. The van der Waals surface area contributed by atoms with E-state index in [1.54, 1.807) is 0 Å². The molecule has 0 N–H and O–H groups in total. The summed E-state index contributed by atoms with van der Waals surface area (Å²) in [6, 6.07) is 0. The van der Waals surface area contributed by atoms with Crippen LogP contribution in [0.3, 0.4) is 0 Å². The maximum atomic E-state index is 12.8. The van der Waals surface area contributed by atoms with Crippen molar-refractivity contribution in [2.45, 2.75) is 309 Å². The minimum absolute atomic E-state index is 0.0757. The van der Waals surface area contributed by atoms with E-state index < -0.39 is 6.10 Å². The van der Waals surface area contributed by atoms with E-state index in [0.29, 0.717) is 19.3 Å². The van der Waals surface area contributed by atoms with Crippen molar-refractivity contribution in [1.82, 2.24) is 0 Å². The molecule has 0 spiro atoms. The largest absolute Gasteiger partial charge is 0.462 e. The number of carbonyl (C=O) groups excluding carboxylic acids is 3. The van der Waals surface area contributed by atoms with Crippen LogP contribution in [0.25, 0.3) is 0 Å². The Morgan fingerprint density at radius 3 is 0.873 bits per heavy atom. The molecule has 0 fully saturated rings. The summed E-state index contributed by atoms with van der Waals surface area (Å²) in [6.07, 6.45) is 76.3. The van der Waals surface area contributed by atoms with Gasteiger partial charge < -0.3 is 14.2 Å². The standard InChI is InChI=1S/C65H114O6/c1-4-7-10-13-16-19-21-23-25-27-29-30-31-32-33-34-35-36-37-39-40-42-44-46-49-52-55-58-64(67)70-61-62(60-69-63(66)57-54-51-48-18-15-12-9-6-3)71-65(68)59-56-53-50-47-45-43-41-38-28-26-24-22-20-17-14-11-8-5-2/h7,10,16,19-20,22-23,25-26,28-30,62H,4-6,8-9,11-15,17-18,21,24,27,31-61H2,1-3H3/b10-7-,19-16-,22-20-,25-23-,28-26-,30-29-. The Morgan fingerprint density at radius 2 is 0.549 bits per heavy atom. The highest BCUT2D eigenvalue weighted by atomic mass is 16.6. The van der Waals surface area contributed by atoms with Crippen molar-refractivity contribution in [2.24, 2.45) is 0 Å². The van der Waals surface area contributed by atoms with Crippen LogP contribution in [0, 0.1) is 0 Å². The minimum Gasteiger partial charge on any atom is -0.462 e. The fraction of sp³-hybridized carbons (Fsp3) is 0.769. The van der Waals surface area contributed by atoms with E-state index in [1.807, 2.05) is 0 Å². The Bertz CT molecular complexity index is 1320. The van der Waals surface area contributed by atoms with Crippen LogP contribution in [0.4, 0.5) is 0 Å². The highest BCUT2D eigenvalue weighted by Gasteiger charge is 2.19. The first kappa shape index (κ1) is 67.8. The van der Waals surface area contributed by atoms with E-state index in [-0.39, 0.29) is 31.1 Å². The Morgan fingerprint density at radius 1 is 0.296 bits per heavy atom. The fourth-order valence-electron chi connectivity index (χ4n) is 8.64. The second-order valence-electron chi connectivity index (χ2n) is 20.2. The van der Waals surface area contributed by atoms with E-state index in [1.165, 1.54) is 167 Å². The molecule has 6 heteroatoms. The molecule has 0 radical (unpaired) electrons. The average Bonchev–Trinajstić information content (AvgIpc) is 3.37. The molecule has 0 saturated heterocycles. The minimum atomic E-state index is -0.776. The predicted octanol–water partition coefficient (Wildman–Crippen LogP) is 20.5. The van der Waals surface area contributed by atoms with Gasteiger partial charge in [0.15, 0.2) is 6.10 Å². The Kier molecular flexibility index (Phi) is 56.8. The zero-order valence-electron chi connectivity index (χ0n) is 47.0. The summed E-state index contributed by atoms with van der Waals surface area (Å²) in [5, 5.41) is 0. The smallest absolute Gasteiger partial charge is 0.306 e. The van der Waals surface area contributed by atoms with E-state index in [2.05, 4.69) is 93.7 Å². The van der Waals surface area contributed by atoms with Crippen LogP contribution < -0.4 is 0 Å². The molecular formula is C65H114O6. The monoisotopic (exact) mass is 991 g/mol. The molecule has 0 aromatic carbocycles. The zero-order chi connectivity index (χ0) is 51.4. The van der Waals surface area contributed by atoms with Crippen molar-refractivity contribution >= 4 is 17.9 Å². The molecule has 1 unspecified atom stereocenters. The van der Waals surface area contributed by atoms with Crippen molar-refractivity contribution in [2.75, 3.05) is 13.2 Å². The normalized spacial score (nSPS) is 12.5. The number of ether oxygens (including phenoxy) is 3. The van der Waals surface area contributed by atoms with Crippen LogP contribution in [-0.4, -0.2) is 37.2 Å². The molecule has 0 bridgehead atoms. The number of hydrogen-bond donors (Lipinski definition) is 0. The van der Waals surface area contributed by atoms with Gasteiger partial charge in [-0.3, -0.25) is 14.4 Å². The number of rotatable bonds is 55. The van der Waals surface area contributed by atoms with Gasteiger partial charge in [-0.05, 0) is 89.9 Å². The van der Waals surface area contributed by atoms with Gasteiger partial charge in [-0.2, -0.15) is 0 Å². The molecular weight excluding hydrogens is 877 g/mol. The molecule has 6 nitrogen and oxygen atoms in total. The second kappa shape index (κ2) is 59.4. The molecule has 0 aliphatic rings. The van der Waals surface area contributed by atoms with Gasteiger partial charge in [0, 0.05) is 19.3 Å². The summed E-state index contributed by atoms with van der Waals surface area (Å²) in [5.41, 5.74) is 0. The quantitative estimate of drug-likeness (QED) is 0.0261. The van der Waals surface area contributed by atoms with Gasteiger partial charge in [0.25, 0.3) is 0 Å². The number of allylic oxidation sites excluding steroid dienone is 12. The van der Waals surface area contributed by atoms with Crippen LogP contribution >= 0.6 is 0 Å². The van der Waals surface area contributed by atoms with Gasteiger partial charge in [0.2, 0.25) is 0 Å². The van der Waals surface area contributed by atoms with Crippen LogP contribution in [0.1, 0.15) is 303 Å². The van der Waals surface area contributed by atoms with Gasteiger partial charge in [0.05, 0.1) is 0 Å². The van der Waals surface area contributed by atoms with Crippen molar-refractivity contribution in [3.8, 4) is 0 Å². The lowest BCUT2D eigenvalue weighted by Crippen LogP contribution is -2.30. The number of hydrogen-bond acceptors (Lipinski definition) is 6. The molecule has 0 saturated carbocycles. The van der Waals surface area contributed by atoms with E-state index in [4.69, 9.17) is 14.2 Å². The SMILES string of the molecule is CC/C=C\C/C=C\C/C=C\C/C=C\CCCCCCCCCCCCCCCCC(=O)OCC(COC(=O)CCCCCCCCCC)OC(=O)CCCCCCCCC/C=C\C/C=C\CCCCCC. The molecule has 1 atom stereocenters. The summed E-state index contributed by atoms with van der Waals surface area (Å²) < 4.78 is 16.8. The lowest BCUT2D eigenvalue weighted by Gasteiger charge is -2.18. The third-order valence-corrected chi connectivity index (χ3v) is 13.2. The van der Waals surface area contributed by atoms with Gasteiger partial charge in [0.1, 0.15) is 13.2 Å². The maximum absolute atomic E-state index is 12.8. The molecule has 71 heavy (non-hydrogen) atoms. The molecule has 0 heterocycles. The maximum Gasteiger partial charge on any atom is 0.306 e. The highest BCUT2D eigenvalue weighted by Crippen LogP contribution is 2.16. The van der Waals surface area contributed by atoms with E-state index in [9.17, 15) is 14.4 Å². The van der Waals surface area contributed by atoms with Gasteiger partial charge in [-0.1, -0.05) is 267 Å². The summed E-state index contributed by atoms with van der Waals surface area (Å²) >= 11 is 0. The third kappa shape index (κ3) is 57.6. The molecule has 0 aromatic heterocycles. The fourth-order valence-corrected chi connectivity index (χ4v) is 8.64. The second-order valence-corrected chi connectivity index (χ2v) is 20.2. The van der Waals surface area contributed by atoms with Gasteiger partial charge >= 0.3 is 17.9 Å². The van der Waals surface area contributed by atoms with Crippen molar-refractivity contribution in [3.63, 3.8) is 0 Å². The first-order valence-electron chi connectivity index (χ1n) is 30.4. The Labute approximate surface area is 440 Å². The zero-order valence-corrected chi connectivity index (χ0v) is 47.0. The van der Waals surface area contributed by atoms with Crippen LogP contribution in [0.5, 0.6) is 0 Å². The number of esters is 3. The first-order chi connectivity index (χ1) is 35.0. The predicted molar refractivity (Wildman–Crippen MR) is 307 cm³/mol. The Hall–Kier alpha value is -3.15. The molecule has 410 valence electrons. The van der Waals surface area contributed by atoms with Crippen molar-refractivity contribution in [3.05, 3.63) is 72.9 Å². The van der Waals surface area contributed by atoms with E-state index in [0.717, 1.165) is 96.3 Å². The van der Waals surface area contributed by atoms with Crippen molar-refractivity contribution < 1.29 is 28.6 Å². The van der Waals surface area contributed by atoms with Gasteiger partial charge in [-0.25, -0.2) is 0 Å². The lowest BCUT2D eigenvalue weighted by atomic mass is 10.0. The summed E-state index contributed by atoms with van der Waals surface area (Å²) in [4.78, 5) is 38.1. The summed E-state index contributed by atoms with van der Waals surface area (Å²) in [6.45, 7) is 6.50. The van der Waals surface area contributed by atoms with Crippen molar-refractivity contribution in [1.29, 1.82) is 0 Å². The number of unbranched alkanes of at least 4 members (excludes halogenated alkanes) is 32. The highest BCUT2D eigenvalue weighted by molar-refractivity contribution is 5.71. The molecule has 0 aromatic rings. The van der Waals surface area contributed by atoms with Crippen LogP contribution in [-0.2, 0) is 28.6 Å². The summed E-state index contributed by atoms with van der Waals surface area (Å²) in [7, 11) is 0. The van der Waals surface area contributed by atoms with Crippen LogP contribution in [0.2, 0.25) is 0 Å².